The Morgan fingerprint density at radius 2 is 1.88 bits per heavy atom. The number of hydrogen-bond donors (Lipinski definition) is 1. The molecule has 0 aromatic heterocycles. The van der Waals surface area contributed by atoms with E-state index in [0.717, 1.165) is 11.3 Å². The van der Waals surface area contributed by atoms with Gasteiger partial charge in [-0.05, 0) is 44.9 Å². The third-order valence-electron chi connectivity index (χ3n) is 4.08. The fraction of sp³-hybridized carbons (Fsp3) is 0.474. The van der Waals surface area contributed by atoms with Crippen molar-refractivity contribution in [2.24, 2.45) is 0 Å². The Morgan fingerprint density at radius 3 is 2.44 bits per heavy atom. The number of carbonyl (C=O) groups excluding carboxylic acids is 2. The van der Waals surface area contributed by atoms with Crippen LogP contribution in [0.1, 0.15) is 38.8 Å². The number of hydrogen-bond acceptors (Lipinski definition) is 5. The van der Waals surface area contributed by atoms with Gasteiger partial charge in [-0.25, -0.2) is 0 Å². The predicted octanol–water partition coefficient (Wildman–Crippen LogP) is 2.80. The van der Waals surface area contributed by atoms with Crippen LogP contribution >= 0.6 is 0 Å². The molecule has 0 unspecified atom stereocenters. The first-order chi connectivity index (χ1) is 12.0. The smallest absolute Gasteiger partial charge is 0.290 e. The van der Waals surface area contributed by atoms with Crippen molar-refractivity contribution in [3.8, 4) is 5.75 Å². The fourth-order valence-electron chi connectivity index (χ4n) is 2.98. The van der Waals surface area contributed by atoms with Gasteiger partial charge in [-0.3, -0.25) is 9.59 Å². The van der Waals surface area contributed by atoms with E-state index in [2.05, 4.69) is 0 Å². The standard InChI is InChI=1S/C19H25NO5/c1-4-24-12-6-11-20-17(16(13(3)21)18(22)19(20)23)14-7-9-15(10-8-14)25-5-2/h7-10,17,22H,4-6,11-12H2,1-3H3/t17-/m1/s1. The number of ketones is 1. The molecule has 136 valence electrons. The summed E-state index contributed by atoms with van der Waals surface area (Å²) in [6.45, 7) is 7.26. The summed E-state index contributed by atoms with van der Waals surface area (Å²) in [4.78, 5) is 26.0. The van der Waals surface area contributed by atoms with E-state index in [4.69, 9.17) is 9.47 Å². The molecule has 0 bridgehead atoms. The fourth-order valence-corrected chi connectivity index (χ4v) is 2.98. The lowest BCUT2D eigenvalue weighted by Crippen LogP contribution is -2.32. The highest BCUT2D eigenvalue weighted by Crippen LogP contribution is 2.38. The van der Waals surface area contributed by atoms with Crippen LogP contribution in [0.4, 0.5) is 0 Å². The first-order valence-corrected chi connectivity index (χ1v) is 8.56. The van der Waals surface area contributed by atoms with Gasteiger partial charge in [-0.1, -0.05) is 12.1 Å². The number of rotatable bonds is 9. The molecule has 1 aromatic rings. The van der Waals surface area contributed by atoms with Crippen molar-refractivity contribution >= 4 is 11.7 Å². The van der Waals surface area contributed by atoms with Crippen molar-refractivity contribution < 1.29 is 24.2 Å². The zero-order valence-corrected chi connectivity index (χ0v) is 14.9. The van der Waals surface area contributed by atoms with Gasteiger partial charge >= 0.3 is 0 Å². The second-order valence-electron chi connectivity index (χ2n) is 5.77. The molecule has 0 spiro atoms. The summed E-state index contributed by atoms with van der Waals surface area (Å²) in [5.41, 5.74) is 0.910. The predicted molar refractivity (Wildman–Crippen MR) is 93.5 cm³/mol. The molecular formula is C19H25NO5. The largest absolute Gasteiger partial charge is 0.503 e. The van der Waals surface area contributed by atoms with Crippen LogP contribution in [0.3, 0.4) is 0 Å². The van der Waals surface area contributed by atoms with E-state index in [1.807, 2.05) is 26.0 Å². The summed E-state index contributed by atoms with van der Waals surface area (Å²) in [5.74, 6) is -0.559. The topological polar surface area (TPSA) is 76.1 Å². The molecule has 1 heterocycles. The van der Waals surface area contributed by atoms with Crippen LogP contribution in [0.25, 0.3) is 0 Å². The van der Waals surface area contributed by atoms with Crippen molar-refractivity contribution in [2.45, 2.75) is 33.2 Å². The third-order valence-corrected chi connectivity index (χ3v) is 4.08. The van der Waals surface area contributed by atoms with E-state index in [9.17, 15) is 14.7 Å². The maximum absolute atomic E-state index is 12.4. The quantitative estimate of drug-likeness (QED) is 0.695. The summed E-state index contributed by atoms with van der Waals surface area (Å²) in [6.07, 6.45) is 0.631. The Kier molecular flexibility index (Phi) is 6.58. The molecule has 0 radical (unpaired) electrons. The van der Waals surface area contributed by atoms with Crippen LogP contribution in [-0.2, 0) is 14.3 Å². The summed E-state index contributed by atoms with van der Waals surface area (Å²) >= 11 is 0. The number of Topliss-reactive ketones (excluding diaryl/α,β-unsaturated/α-hetero) is 1. The number of nitrogens with zero attached hydrogens (tertiary/aromatic N) is 1. The van der Waals surface area contributed by atoms with E-state index in [1.165, 1.54) is 11.8 Å². The lowest BCUT2D eigenvalue weighted by Gasteiger charge is -2.26. The average molecular weight is 347 g/mol. The van der Waals surface area contributed by atoms with Crippen LogP contribution in [0.15, 0.2) is 35.6 Å². The number of amides is 1. The van der Waals surface area contributed by atoms with Crippen molar-refractivity contribution in [3.63, 3.8) is 0 Å². The molecule has 1 atom stereocenters. The first kappa shape index (κ1) is 19.0. The van der Waals surface area contributed by atoms with Gasteiger partial charge < -0.3 is 19.5 Å². The maximum Gasteiger partial charge on any atom is 0.290 e. The minimum atomic E-state index is -0.581. The lowest BCUT2D eigenvalue weighted by molar-refractivity contribution is -0.129. The molecule has 1 aliphatic heterocycles. The zero-order valence-electron chi connectivity index (χ0n) is 14.9. The average Bonchev–Trinajstić information content (AvgIpc) is 2.84. The molecular weight excluding hydrogens is 322 g/mol. The molecule has 0 saturated carbocycles. The SMILES string of the molecule is CCOCCCN1C(=O)C(O)=C(C(C)=O)[C@H]1c1ccc(OCC)cc1. The summed E-state index contributed by atoms with van der Waals surface area (Å²) in [7, 11) is 0. The van der Waals surface area contributed by atoms with Gasteiger partial charge in [0.05, 0.1) is 18.2 Å². The Bertz CT molecular complexity index is 650. The number of aliphatic hydroxyl groups excluding tert-OH is 1. The van der Waals surface area contributed by atoms with Crippen molar-refractivity contribution in [2.75, 3.05) is 26.4 Å². The van der Waals surface area contributed by atoms with E-state index in [1.54, 1.807) is 12.1 Å². The highest BCUT2D eigenvalue weighted by Gasteiger charge is 2.41. The minimum Gasteiger partial charge on any atom is -0.503 e. The second-order valence-corrected chi connectivity index (χ2v) is 5.77. The normalized spacial score (nSPS) is 17.3. The highest BCUT2D eigenvalue weighted by atomic mass is 16.5. The van der Waals surface area contributed by atoms with Gasteiger partial charge in [-0.15, -0.1) is 0 Å². The molecule has 25 heavy (non-hydrogen) atoms. The molecule has 1 amide bonds. The van der Waals surface area contributed by atoms with Gasteiger partial charge in [-0.2, -0.15) is 0 Å². The zero-order chi connectivity index (χ0) is 18.4. The molecule has 6 heteroatoms. The summed E-state index contributed by atoms with van der Waals surface area (Å²) in [6, 6.07) is 6.66. The monoisotopic (exact) mass is 347 g/mol. The maximum atomic E-state index is 12.4. The van der Waals surface area contributed by atoms with E-state index in [0.29, 0.717) is 32.8 Å². The van der Waals surface area contributed by atoms with Gasteiger partial charge in [0.15, 0.2) is 11.5 Å². The molecule has 1 aliphatic rings. The Balaban J connectivity index is 2.29. The van der Waals surface area contributed by atoms with Gasteiger partial charge in [0, 0.05) is 19.8 Å². The van der Waals surface area contributed by atoms with E-state index < -0.39 is 17.7 Å². The molecule has 0 fully saturated rings. The van der Waals surface area contributed by atoms with E-state index >= 15 is 0 Å². The van der Waals surface area contributed by atoms with Gasteiger partial charge in [0.1, 0.15) is 5.75 Å². The Labute approximate surface area is 148 Å². The van der Waals surface area contributed by atoms with E-state index in [-0.39, 0.29) is 11.4 Å². The van der Waals surface area contributed by atoms with Crippen molar-refractivity contribution in [1.82, 2.24) is 4.90 Å². The van der Waals surface area contributed by atoms with Crippen LogP contribution in [0, 0.1) is 0 Å². The molecule has 6 nitrogen and oxygen atoms in total. The Morgan fingerprint density at radius 1 is 1.20 bits per heavy atom. The van der Waals surface area contributed by atoms with Crippen LogP contribution in [0.2, 0.25) is 0 Å². The lowest BCUT2D eigenvalue weighted by atomic mass is 9.96. The summed E-state index contributed by atoms with van der Waals surface area (Å²) < 4.78 is 10.7. The second kappa shape index (κ2) is 8.67. The van der Waals surface area contributed by atoms with Crippen molar-refractivity contribution in [3.05, 3.63) is 41.2 Å². The van der Waals surface area contributed by atoms with Gasteiger partial charge in [0.25, 0.3) is 5.91 Å². The highest BCUT2D eigenvalue weighted by molar-refractivity contribution is 6.08. The van der Waals surface area contributed by atoms with Crippen molar-refractivity contribution in [1.29, 1.82) is 0 Å². The summed E-state index contributed by atoms with van der Waals surface area (Å²) in [5, 5.41) is 10.2. The number of carbonyl (C=O) groups is 2. The third kappa shape index (κ3) is 4.20. The van der Waals surface area contributed by atoms with Crippen LogP contribution in [0.5, 0.6) is 5.75 Å². The molecule has 0 aliphatic carbocycles. The molecule has 2 rings (SSSR count). The van der Waals surface area contributed by atoms with Gasteiger partial charge in [0.2, 0.25) is 0 Å². The first-order valence-electron chi connectivity index (χ1n) is 8.56. The molecule has 0 saturated heterocycles. The minimum absolute atomic E-state index is 0.144. The Hall–Kier alpha value is -2.34. The molecule has 1 aromatic carbocycles. The number of aliphatic hydroxyl groups is 1. The molecule has 1 N–H and O–H groups in total. The van der Waals surface area contributed by atoms with Crippen LogP contribution in [-0.4, -0.2) is 48.1 Å². The van der Waals surface area contributed by atoms with Crippen LogP contribution < -0.4 is 4.74 Å². The number of benzene rings is 1. The number of ether oxygens (including phenoxy) is 2.